The van der Waals surface area contributed by atoms with Gasteiger partial charge in [0.2, 0.25) is 0 Å². The fraction of sp³-hybridized carbons (Fsp3) is 0.600. The molecule has 0 radical (unpaired) electrons. The van der Waals surface area contributed by atoms with Gasteiger partial charge in [-0.25, -0.2) is 0 Å². The standard InChI is InChI=1S/C10H16N2S/c1-8(10-3-2-6-13-10)12-9-4-5-11-7-9/h2-3,6,8-9,11-12H,4-5,7H2,1H3/t8-,9?/m1/s1. The summed E-state index contributed by atoms with van der Waals surface area (Å²) in [6.45, 7) is 4.52. The molecule has 13 heavy (non-hydrogen) atoms. The van der Waals surface area contributed by atoms with Crippen molar-refractivity contribution in [3.63, 3.8) is 0 Å². The first-order valence-corrected chi connectivity index (χ1v) is 5.74. The van der Waals surface area contributed by atoms with Crippen LogP contribution in [0.25, 0.3) is 0 Å². The van der Waals surface area contributed by atoms with E-state index in [1.54, 1.807) is 0 Å². The van der Waals surface area contributed by atoms with Crippen LogP contribution < -0.4 is 10.6 Å². The van der Waals surface area contributed by atoms with Crippen LogP contribution in [0, 0.1) is 0 Å². The molecule has 1 aromatic heterocycles. The van der Waals surface area contributed by atoms with Gasteiger partial charge < -0.3 is 10.6 Å². The van der Waals surface area contributed by atoms with Gasteiger partial charge in [-0.15, -0.1) is 11.3 Å². The lowest BCUT2D eigenvalue weighted by atomic mass is 10.2. The summed E-state index contributed by atoms with van der Waals surface area (Å²) in [6.07, 6.45) is 1.26. The summed E-state index contributed by atoms with van der Waals surface area (Å²) in [5.74, 6) is 0. The lowest BCUT2D eigenvalue weighted by Crippen LogP contribution is -2.32. The van der Waals surface area contributed by atoms with E-state index < -0.39 is 0 Å². The number of rotatable bonds is 3. The molecule has 72 valence electrons. The Balaban J connectivity index is 1.87. The lowest BCUT2D eigenvalue weighted by molar-refractivity contribution is 0.483. The van der Waals surface area contributed by atoms with Crippen LogP contribution in [0.5, 0.6) is 0 Å². The third-order valence-corrected chi connectivity index (χ3v) is 3.57. The fourth-order valence-corrected chi connectivity index (χ4v) is 2.51. The second-order valence-corrected chi connectivity index (χ2v) is 4.57. The van der Waals surface area contributed by atoms with Gasteiger partial charge in [0.05, 0.1) is 0 Å². The monoisotopic (exact) mass is 196 g/mol. The van der Waals surface area contributed by atoms with Gasteiger partial charge in [-0.2, -0.15) is 0 Å². The summed E-state index contributed by atoms with van der Waals surface area (Å²) in [5.41, 5.74) is 0. The van der Waals surface area contributed by atoms with E-state index in [4.69, 9.17) is 0 Å². The number of thiophene rings is 1. The molecule has 0 bridgehead atoms. The maximum absolute atomic E-state index is 3.63. The quantitative estimate of drug-likeness (QED) is 0.770. The molecule has 1 aliphatic rings. The molecule has 0 spiro atoms. The predicted octanol–water partition coefficient (Wildman–Crippen LogP) is 1.76. The van der Waals surface area contributed by atoms with Crippen molar-refractivity contribution in [3.05, 3.63) is 22.4 Å². The van der Waals surface area contributed by atoms with Crippen LogP contribution in [0.1, 0.15) is 24.3 Å². The summed E-state index contributed by atoms with van der Waals surface area (Å²) in [5, 5.41) is 9.13. The van der Waals surface area contributed by atoms with Gasteiger partial charge in [-0.1, -0.05) is 6.07 Å². The molecule has 1 aromatic rings. The Morgan fingerprint density at radius 3 is 3.23 bits per heavy atom. The lowest BCUT2D eigenvalue weighted by Gasteiger charge is -2.17. The molecule has 2 nitrogen and oxygen atoms in total. The molecule has 1 unspecified atom stereocenters. The molecule has 1 saturated heterocycles. The molecule has 0 aromatic carbocycles. The fourth-order valence-electron chi connectivity index (χ4n) is 1.77. The molecule has 2 N–H and O–H groups in total. The van der Waals surface area contributed by atoms with E-state index in [-0.39, 0.29) is 0 Å². The Labute approximate surface area is 83.4 Å². The molecular weight excluding hydrogens is 180 g/mol. The van der Waals surface area contributed by atoms with E-state index in [0.29, 0.717) is 12.1 Å². The molecule has 3 heteroatoms. The van der Waals surface area contributed by atoms with E-state index in [2.05, 4.69) is 35.1 Å². The first kappa shape index (κ1) is 9.19. The summed E-state index contributed by atoms with van der Waals surface area (Å²) in [7, 11) is 0. The summed E-state index contributed by atoms with van der Waals surface area (Å²) >= 11 is 1.83. The highest BCUT2D eigenvalue weighted by molar-refractivity contribution is 7.10. The van der Waals surface area contributed by atoms with Gasteiger partial charge in [0.1, 0.15) is 0 Å². The summed E-state index contributed by atoms with van der Waals surface area (Å²) in [6, 6.07) is 5.48. The molecule has 2 rings (SSSR count). The van der Waals surface area contributed by atoms with E-state index in [1.807, 2.05) is 11.3 Å². The van der Waals surface area contributed by atoms with Crippen molar-refractivity contribution in [1.82, 2.24) is 10.6 Å². The van der Waals surface area contributed by atoms with Crippen LogP contribution in [-0.4, -0.2) is 19.1 Å². The van der Waals surface area contributed by atoms with Crippen molar-refractivity contribution in [2.75, 3.05) is 13.1 Å². The van der Waals surface area contributed by atoms with Crippen molar-refractivity contribution < 1.29 is 0 Å². The zero-order valence-electron chi connectivity index (χ0n) is 7.92. The van der Waals surface area contributed by atoms with Gasteiger partial charge in [-0.05, 0) is 31.3 Å². The average Bonchev–Trinajstić information content (AvgIpc) is 2.74. The minimum atomic E-state index is 0.505. The molecule has 1 aliphatic heterocycles. The SMILES string of the molecule is C[C@@H](NC1CCNC1)c1cccs1. The minimum Gasteiger partial charge on any atom is -0.315 e. The van der Waals surface area contributed by atoms with Gasteiger partial charge in [0, 0.05) is 23.5 Å². The van der Waals surface area contributed by atoms with Crippen LogP contribution in [0.4, 0.5) is 0 Å². The van der Waals surface area contributed by atoms with E-state index in [9.17, 15) is 0 Å². The largest absolute Gasteiger partial charge is 0.315 e. The molecule has 2 atom stereocenters. The second-order valence-electron chi connectivity index (χ2n) is 3.59. The Kier molecular flexibility index (Phi) is 2.98. The number of hydrogen-bond donors (Lipinski definition) is 2. The molecule has 0 amide bonds. The third-order valence-electron chi connectivity index (χ3n) is 2.52. The van der Waals surface area contributed by atoms with Crippen LogP contribution in [0.3, 0.4) is 0 Å². The molecule has 2 heterocycles. The number of nitrogens with one attached hydrogen (secondary N) is 2. The van der Waals surface area contributed by atoms with Gasteiger partial charge in [-0.3, -0.25) is 0 Å². The Bertz CT molecular complexity index is 239. The molecule has 1 fully saturated rings. The van der Waals surface area contributed by atoms with Crippen molar-refractivity contribution in [3.8, 4) is 0 Å². The summed E-state index contributed by atoms with van der Waals surface area (Å²) in [4.78, 5) is 1.44. The number of hydrogen-bond acceptors (Lipinski definition) is 3. The Morgan fingerprint density at radius 2 is 2.62 bits per heavy atom. The Morgan fingerprint density at radius 1 is 1.69 bits per heavy atom. The van der Waals surface area contributed by atoms with E-state index in [0.717, 1.165) is 13.1 Å². The van der Waals surface area contributed by atoms with Crippen LogP contribution in [-0.2, 0) is 0 Å². The zero-order valence-corrected chi connectivity index (χ0v) is 8.73. The first-order chi connectivity index (χ1) is 6.36. The van der Waals surface area contributed by atoms with Crippen LogP contribution in [0.15, 0.2) is 17.5 Å². The van der Waals surface area contributed by atoms with Gasteiger partial charge in [0.25, 0.3) is 0 Å². The first-order valence-electron chi connectivity index (χ1n) is 4.86. The highest BCUT2D eigenvalue weighted by Gasteiger charge is 2.17. The van der Waals surface area contributed by atoms with E-state index >= 15 is 0 Å². The smallest absolute Gasteiger partial charge is 0.0388 e. The third kappa shape index (κ3) is 2.30. The van der Waals surface area contributed by atoms with Crippen molar-refractivity contribution >= 4 is 11.3 Å². The predicted molar refractivity (Wildman–Crippen MR) is 57.1 cm³/mol. The minimum absolute atomic E-state index is 0.505. The maximum atomic E-state index is 3.63. The second kappa shape index (κ2) is 4.22. The van der Waals surface area contributed by atoms with Crippen molar-refractivity contribution in [1.29, 1.82) is 0 Å². The Hall–Kier alpha value is -0.380. The molecule has 0 aliphatic carbocycles. The molecule has 0 saturated carbocycles. The highest BCUT2D eigenvalue weighted by Crippen LogP contribution is 2.19. The zero-order chi connectivity index (χ0) is 9.10. The average molecular weight is 196 g/mol. The van der Waals surface area contributed by atoms with Crippen LogP contribution >= 0.6 is 11.3 Å². The van der Waals surface area contributed by atoms with Gasteiger partial charge >= 0.3 is 0 Å². The van der Waals surface area contributed by atoms with Crippen LogP contribution in [0.2, 0.25) is 0 Å². The highest BCUT2D eigenvalue weighted by atomic mass is 32.1. The van der Waals surface area contributed by atoms with Crippen molar-refractivity contribution in [2.45, 2.75) is 25.4 Å². The maximum Gasteiger partial charge on any atom is 0.0388 e. The van der Waals surface area contributed by atoms with Crippen molar-refractivity contribution in [2.24, 2.45) is 0 Å². The normalized spacial score (nSPS) is 24.8. The topological polar surface area (TPSA) is 24.1 Å². The van der Waals surface area contributed by atoms with E-state index in [1.165, 1.54) is 11.3 Å². The van der Waals surface area contributed by atoms with Gasteiger partial charge in [0.15, 0.2) is 0 Å². The summed E-state index contributed by atoms with van der Waals surface area (Å²) < 4.78 is 0. The molecular formula is C10H16N2S.